The molecule has 0 saturated carbocycles. The van der Waals surface area contributed by atoms with Crippen LogP contribution in [-0.4, -0.2) is 81.7 Å². The van der Waals surface area contributed by atoms with Gasteiger partial charge in [0, 0.05) is 23.5 Å². The second-order valence-electron chi connectivity index (χ2n) is 9.29. The predicted molar refractivity (Wildman–Crippen MR) is 143 cm³/mol. The van der Waals surface area contributed by atoms with Crippen LogP contribution in [0.4, 0.5) is 0 Å². The molecule has 0 spiro atoms. The van der Waals surface area contributed by atoms with Gasteiger partial charge >= 0.3 is 5.97 Å². The van der Waals surface area contributed by atoms with Crippen LogP contribution in [0, 0.1) is 5.92 Å². The Morgan fingerprint density at radius 1 is 1.00 bits per heavy atom. The van der Waals surface area contributed by atoms with Crippen LogP contribution >= 0.6 is 11.8 Å². The molecule has 3 amide bonds. The van der Waals surface area contributed by atoms with Gasteiger partial charge in [-0.05, 0) is 42.4 Å². The van der Waals surface area contributed by atoms with E-state index in [4.69, 9.17) is 5.73 Å². The smallest absolute Gasteiger partial charge is 0.326 e. The zero-order chi connectivity index (χ0) is 27.5. The van der Waals surface area contributed by atoms with Crippen LogP contribution in [-0.2, 0) is 25.6 Å². The molecule has 8 N–H and O–H groups in total. The van der Waals surface area contributed by atoms with Crippen LogP contribution in [0.2, 0.25) is 0 Å². The number of nitrogens with two attached hydrogens (primary N) is 1. The van der Waals surface area contributed by atoms with Gasteiger partial charge in [0.25, 0.3) is 0 Å². The first-order valence-electron chi connectivity index (χ1n) is 12.1. The summed E-state index contributed by atoms with van der Waals surface area (Å²) in [5.74, 6) is -2.55. The predicted octanol–water partition coefficient (Wildman–Crippen LogP) is 0.368. The van der Waals surface area contributed by atoms with E-state index in [1.807, 2.05) is 44.4 Å². The fourth-order valence-corrected chi connectivity index (χ4v) is 4.30. The fraction of sp³-hybridized carbons (Fsp3) is 0.520. The number of aliphatic hydroxyl groups is 1. The van der Waals surface area contributed by atoms with E-state index in [0.717, 1.165) is 16.5 Å². The number of hydrogen-bond acceptors (Lipinski definition) is 7. The quantitative estimate of drug-likeness (QED) is 0.170. The highest BCUT2D eigenvalue weighted by atomic mass is 32.2. The number of nitrogens with one attached hydrogen (secondary N) is 4. The molecule has 37 heavy (non-hydrogen) atoms. The van der Waals surface area contributed by atoms with Crippen molar-refractivity contribution in [1.29, 1.82) is 0 Å². The number of thioether (sulfide) groups is 1. The highest BCUT2D eigenvalue weighted by Gasteiger charge is 2.31. The Labute approximate surface area is 220 Å². The Bertz CT molecular complexity index is 1070. The Morgan fingerprint density at radius 3 is 2.24 bits per heavy atom. The minimum Gasteiger partial charge on any atom is -0.480 e. The van der Waals surface area contributed by atoms with E-state index in [1.54, 1.807) is 6.20 Å². The van der Waals surface area contributed by atoms with Gasteiger partial charge in [0.05, 0.1) is 6.61 Å². The van der Waals surface area contributed by atoms with Gasteiger partial charge in [-0.2, -0.15) is 11.8 Å². The molecule has 4 atom stereocenters. The minimum absolute atomic E-state index is 0.0185. The van der Waals surface area contributed by atoms with Crippen molar-refractivity contribution in [2.75, 3.05) is 18.6 Å². The molecule has 204 valence electrons. The maximum atomic E-state index is 13.3. The van der Waals surface area contributed by atoms with E-state index in [0.29, 0.717) is 5.75 Å². The van der Waals surface area contributed by atoms with E-state index < -0.39 is 54.5 Å². The van der Waals surface area contributed by atoms with Gasteiger partial charge in [0.1, 0.15) is 24.2 Å². The van der Waals surface area contributed by atoms with Crippen molar-refractivity contribution >= 4 is 46.4 Å². The number of carboxylic acids is 1. The summed E-state index contributed by atoms with van der Waals surface area (Å²) in [4.78, 5) is 53.7. The largest absolute Gasteiger partial charge is 0.480 e. The first kappa shape index (κ1) is 30.1. The summed E-state index contributed by atoms with van der Waals surface area (Å²) in [6.45, 7) is 3.12. The molecule has 0 aliphatic carbocycles. The standard InChI is InChI=1S/C25H37N5O6S/c1-14(2)10-21(25(35)36)30-24(34)20(11-15-12-27-18-7-5-4-6-16(15)18)29-23(33)19(8-9-37-3)28-22(32)17(26)13-31/h4-7,12,14,17,19-21,27,31H,8-11,13,26H2,1-3H3,(H,28,32)(H,29,33)(H,30,34)(H,35,36). The molecule has 1 heterocycles. The van der Waals surface area contributed by atoms with Crippen molar-refractivity contribution in [3.63, 3.8) is 0 Å². The van der Waals surface area contributed by atoms with Gasteiger partial charge in [-0.1, -0.05) is 32.0 Å². The van der Waals surface area contributed by atoms with E-state index in [9.17, 15) is 29.4 Å². The summed E-state index contributed by atoms with van der Waals surface area (Å²) in [6, 6.07) is 3.07. The number of aliphatic carboxylic acids is 1. The maximum absolute atomic E-state index is 13.3. The molecule has 1 aromatic heterocycles. The molecule has 0 aliphatic rings. The number of carboxylic acid groups (broad SMARTS) is 1. The SMILES string of the molecule is CSCCC(NC(=O)C(N)CO)C(=O)NC(Cc1c[nH]c2ccccc12)C(=O)NC(CC(C)C)C(=O)O. The van der Waals surface area contributed by atoms with Crippen molar-refractivity contribution in [3.05, 3.63) is 36.0 Å². The lowest BCUT2D eigenvalue weighted by Gasteiger charge is -2.25. The second-order valence-corrected chi connectivity index (χ2v) is 10.3. The second kappa shape index (κ2) is 14.6. The van der Waals surface area contributed by atoms with E-state index in [1.165, 1.54) is 11.8 Å². The molecular formula is C25H37N5O6S. The number of aliphatic hydroxyl groups excluding tert-OH is 1. The van der Waals surface area contributed by atoms with Crippen molar-refractivity contribution in [1.82, 2.24) is 20.9 Å². The molecule has 0 radical (unpaired) electrons. The van der Waals surface area contributed by atoms with E-state index in [2.05, 4.69) is 20.9 Å². The number of fused-ring (bicyclic) bond motifs is 1. The molecule has 12 heteroatoms. The number of H-pyrrole nitrogens is 1. The molecule has 0 fully saturated rings. The maximum Gasteiger partial charge on any atom is 0.326 e. The monoisotopic (exact) mass is 535 g/mol. The summed E-state index contributed by atoms with van der Waals surface area (Å²) in [7, 11) is 0. The molecule has 4 unspecified atom stereocenters. The third-order valence-electron chi connectivity index (χ3n) is 5.83. The first-order chi connectivity index (χ1) is 17.6. The lowest BCUT2D eigenvalue weighted by atomic mass is 10.0. The molecule has 2 rings (SSSR count). The van der Waals surface area contributed by atoms with Crippen LogP contribution in [0.15, 0.2) is 30.5 Å². The molecule has 0 saturated heterocycles. The van der Waals surface area contributed by atoms with Gasteiger partial charge in [-0.15, -0.1) is 0 Å². The van der Waals surface area contributed by atoms with Crippen molar-refractivity contribution in [2.24, 2.45) is 11.7 Å². The lowest BCUT2D eigenvalue weighted by molar-refractivity contribution is -0.142. The molecule has 0 aliphatic heterocycles. The highest BCUT2D eigenvalue weighted by Crippen LogP contribution is 2.19. The zero-order valence-corrected chi connectivity index (χ0v) is 22.1. The number of amides is 3. The van der Waals surface area contributed by atoms with Crippen LogP contribution in [0.5, 0.6) is 0 Å². The normalized spacial score (nSPS) is 14.5. The average molecular weight is 536 g/mol. The number of aromatic nitrogens is 1. The van der Waals surface area contributed by atoms with Gasteiger partial charge < -0.3 is 36.9 Å². The summed E-state index contributed by atoms with van der Waals surface area (Å²) < 4.78 is 0. The summed E-state index contributed by atoms with van der Waals surface area (Å²) in [6.07, 6.45) is 4.18. The Morgan fingerprint density at radius 2 is 1.62 bits per heavy atom. The topological polar surface area (TPSA) is 187 Å². The van der Waals surface area contributed by atoms with Gasteiger partial charge in [0.2, 0.25) is 17.7 Å². The average Bonchev–Trinajstić information content (AvgIpc) is 3.27. The first-order valence-corrected chi connectivity index (χ1v) is 13.5. The van der Waals surface area contributed by atoms with Crippen LogP contribution in [0.25, 0.3) is 10.9 Å². The Balaban J connectivity index is 2.31. The number of benzene rings is 1. The molecular weight excluding hydrogens is 498 g/mol. The number of aromatic amines is 1. The van der Waals surface area contributed by atoms with Crippen molar-refractivity contribution < 1.29 is 29.4 Å². The minimum atomic E-state index is -1.19. The van der Waals surface area contributed by atoms with Crippen molar-refractivity contribution in [3.8, 4) is 0 Å². The molecule has 0 bridgehead atoms. The lowest BCUT2D eigenvalue weighted by Crippen LogP contribution is -2.58. The summed E-state index contributed by atoms with van der Waals surface area (Å²) in [5, 5.41) is 27.4. The zero-order valence-electron chi connectivity index (χ0n) is 21.3. The van der Waals surface area contributed by atoms with Gasteiger partial charge in [-0.25, -0.2) is 4.79 Å². The van der Waals surface area contributed by atoms with E-state index in [-0.39, 0.29) is 25.2 Å². The molecule has 11 nitrogen and oxygen atoms in total. The number of carbonyl (C=O) groups is 4. The van der Waals surface area contributed by atoms with Crippen LogP contribution in [0.1, 0.15) is 32.3 Å². The molecule has 2 aromatic rings. The Hall–Kier alpha value is -3.09. The van der Waals surface area contributed by atoms with Crippen LogP contribution < -0.4 is 21.7 Å². The summed E-state index contributed by atoms with van der Waals surface area (Å²) >= 11 is 1.48. The number of rotatable bonds is 15. The third-order valence-corrected chi connectivity index (χ3v) is 6.47. The molecule has 1 aromatic carbocycles. The Kier molecular flexibility index (Phi) is 11.9. The van der Waals surface area contributed by atoms with Gasteiger partial charge in [-0.3, -0.25) is 14.4 Å². The highest BCUT2D eigenvalue weighted by molar-refractivity contribution is 7.98. The summed E-state index contributed by atoms with van der Waals surface area (Å²) in [5.41, 5.74) is 7.21. The number of hydrogen-bond donors (Lipinski definition) is 7. The number of carbonyl (C=O) groups excluding carboxylic acids is 3. The van der Waals surface area contributed by atoms with Crippen LogP contribution in [0.3, 0.4) is 0 Å². The van der Waals surface area contributed by atoms with Gasteiger partial charge in [0.15, 0.2) is 0 Å². The van der Waals surface area contributed by atoms with E-state index >= 15 is 0 Å². The van der Waals surface area contributed by atoms with Crippen molar-refractivity contribution in [2.45, 2.75) is 57.3 Å². The number of para-hydroxylation sites is 1. The fourth-order valence-electron chi connectivity index (χ4n) is 3.83. The third kappa shape index (κ3) is 9.06.